The van der Waals surface area contributed by atoms with Crippen LogP contribution in [0.15, 0.2) is 53.9 Å². The van der Waals surface area contributed by atoms with E-state index in [0.29, 0.717) is 17.1 Å². The third kappa shape index (κ3) is 5.92. The predicted octanol–water partition coefficient (Wildman–Crippen LogP) is 3.89. The van der Waals surface area contributed by atoms with Gasteiger partial charge < -0.3 is 5.32 Å². The third-order valence-electron chi connectivity index (χ3n) is 3.27. The Balaban J connectivity index is 2.17. The number of rotatable bonds is 7. The number of sulfonamides is 1. The molecule has 0 spiro atoms. The number of nitrogens with one attached hydrogen (secondary N) is 2. The highest BCUT2D eigenvalue weighted by molar-refractivity contribution is 7.95. The van der Waals surface area contributed by atoms with Gasteiger partial charge in [0.25, 0.3) is 15.9 Å². The molecule has 5 nitrogen and oxygen atoms in total. The minimum Gasteiger partial charge on any atom is -0.352 e. The van der Waals surface area contributed by atoms with Crippen molar-refractivity contribution in [2.24, 2.45) is 0 Å². The minimum absolute atomic E-state index is 0.233. The van der Waals surface area contributed by atoms with Crippen molar-refractivity contribution in [3.63, 3.8) is 0 Å². The zero-order chi connectivity index (χ0) is 18.3. The Kier molecular flexibility index (Phi) is 6.61. The third-order valence-corrected chi connectivity index (χ3v) is 4.52. The molecular formula is C18H19ClN2O3S. The Labute approximate surface area is 152 Å². The summed E-state index contributed by atoms with van der Waals surface area (Å²) in [5, 5.41) is 4.36. The number of halogens is 1. The molecule has 0 fully saturated rings. The van der Waals surface area contributed by atoms with E-state index in [4.69, 9.17) is 11.6 Å². The van der Waals surface area contributed by atoms with Crippen LogP contribution < -0.4 is 10.0 Å². The number of para-hydroxylation sites is 1. The molecule has 0 atom stereocenters. The molecule has 0 saturated carbocycles. The fraction of sp³-hybridized carbons (Fsp3) is 0.167. The van der Waals surface area contributed by atoms with Gasteiger partial charge in [0, 0.05) is 11.6 Å². The normalized spacial score (nSPS) is 11.4. The molecule has 132 valence electrons. The molecule has 0 bridgehead atoms. The van der Waals surface area contributed by atoms with Crippen LogP contribution in [0.5, 0.6) is 0 Å². The molecule has 0 aliphatic heterocycles. The van der Waals surface area contributed by atoms with E-state index in [1.807, 2.05) is 6.92 Å². The molecule has 1 amide bonds. The Morgan fingerprint density at radius 2 is 1.80 bits per heavy atom. The molecule has 0 radical (unpaired) electrons. The number of amides is 1. The van der Waals surface area contributed by atoms with Crippen molar-refractivity contribution in [3.05, 3.63) is 70.1 Å². The van der Waals surface area contributed by atoms with E-state index < -0.39 is 10.0 Å². The van der Waals surface area contributed by atoms with Gasteiger partial charge in [0.15, 0.2) is 0 Å². The Bertz CT molecular complexity index is 862. The van der Waals surface area contributed by atoms with Crippen molar-refractivity contribution in [2.45, 2.75) is 13.3 Å². The topological polar surface area (TPSA) is 75.3 Å². The highest BCUT2D eigenvalue weighted by Gasteiger charge is 2.14. The van der Waals surface area contributed by atoms with E-state index in [1.165, 1.54) is 6.08 Å². The van der Waals surface area contributed by atoms with Crippen LogP contribution in [0.25, 0.3) is 6.08 Å². The van der Waals surface area contributed by atoms with Gasteiger partial charge in [-0.25, -0.2) is 8.42 Å². The van der Waals surface area contributed by atoms with Gasteiger partial charge in [0.1, 0.15) is 0 Å². The largest absolute Gasteiger partial charge is 0.352 e. The smallest absolute Gasteiger partial charge is 0.255 e. The summed E-state index contributed by atoms with van der Waals surface area (Å²) in [5.74, 6) is -0.318. The summed E-state index contributed by atoms with van der Waals surface area (Å²) in [6, 6.07) is 13.2. The first-order valence-corrected chi connectivity index (χ1v) is 9.67. The minimum atomic E-state index is -3.76. The summed E-state index contributed by atoms with van der Waals surface area (Å²) >= 11 is 5.80. The molecule has 2 aromatic carbocycles. The maximum Gasteiger partial charge on any atom is 0.255 e. The van der Waals surface area contributed by atoms with Crippen LogP contribution in [0, 0.1) is 0 Å². The molecule has 0 aromatic heterocycles. The molecule has 0 unspecified atom stereocenters. The van der Waals surface area contributed by atoms with Gasteiger partial charge in [-0.3, -0.25) is 9.52 Å². The second-order valence-electron chi connectivity index (χ2n) is 5.30. The number of carbonyl (C=O) groups excluding carboxylic acids is 1. The highest BCUT2D eigenvalue weighted by Crippen LogP contribution is 2.18. The average molecular weight is 379 g/mol. The molecule has 25 heavy (non-hydrogen) atoms. The predicted molar refractivity (Wildman–Crippen MR) is 102 cm³/mol. The molecule has 0 heterocycles. The second kappa shape index (κ2) is 8.69. The van der Waals surface area contributed by atoms with E-state index in [2.05, 4.69) is 10.0 Å². The number of hydrogen-bond donors (Lipinski definition) is 2. The summed E-state index contributed by atoms with van der Waals surface area (Å²) in [7, 11) is -3.76. The molecule has 7 heteroatoms. The first-order chi connectivity index (χ1) is 11.9. The van der Waals surface area contributed by atoms with E-state index in [1.54, 1.807) is 48.5 Å². The summed E-state index contributed by atoms with van der Waals surface area (Å²) in [6.45, 7) is 2.47. The lowest BCUT2D eigenvalue weighted by Gasteiger charge is -2.10. The summed E-state index contributed by atoms with van der Waals surface area (Å²) in [5.41, 5.74) is 1.21. The molecule has 2 N–H and O–H groups in total. The lowest BCUT2D eigenvalue weighted by Crippen LogP contribution is -2.25. The highest BCUT2D eigenvalue weighted by atomic mass is 35.5. The van der Waals surface area contributed by atoms with Crippen molar-refractivity contribution in [1.82, 2.24) is 5.32 Å². The van der Waals surface area contributed by atoms with Crippen LogP contribution in [0.3, 0.4) is 0 Å². The molecule has 2 rings (SSSR count). The van der Waals surface area contributed by atoms with Gasteiger partial charge in [0.05, 0.1) is 16.7 Å². The van der Waals surface area contributed by atoms with Crippen molar-refractivity contribution in [3.8, 4) is 0 Å². The van der Waals surface area contributed by atoms with Crippen LogP contribution in [-0.2, 0) is 10.0 Å². The monoisotopic (exact) mass is 378 g/mol. The zero-order valence-corrected chi connectivity index (χ0v) is 15.3. The average Bonchev–Trinajstić information content (AvgIpc) is 2.59. The maximum atomic E-state index is 12.3. The van der Waals surface area contributed by atoms with Gasteiger partial charge in [-0.05, 0) is 42.3 Å². The van der Waals surface area contributed by atoms with Crippen LogP contribution >= 0.6 is 11.6 Å². The fourth-order valence-corrected chi connectivity index (χ4v) is 3.05. The number of hydrogen-bond acceptors (Lipinski definition) is 3. The van der Waals surface area contributed by atoms with Gasteiger partial charge in [-0.1, -0.05) is 42.8 Å². The van der Waals surface area contributed by atoms with Crippen molar-refractivity contribution in [1.29, 1.82) is 0 Å². The van der Waals surface area contributed by atoms with Crippen LogP contribution in [0.1, 0.15) is 29.3 Å². The number of carbonyl (C=O) groups is 1. The molecule has 0 saturated heterocycles. The van der Waals surface area contributed by atoms with E-state index in [9.17, 15) is 13.2 Å². The Morgan fingerprint density at radius 1 is 1.12 bits per heavy atom. The number of benzene rings is 2. The fourth-order valence-electron chi connectivity index (χ4n) is 2.03. The Morgan fingerprint density at radius 3 is 2.48 bits per heavy atom. The maximum absolute atomic E-state index is 12.3. The second-order valence-corrected chi connectivity index (χ2v) is 7.31. The number of anilines is 1. The van der Waals surface area contributed by atoms with Crippen LogP contribution in [0.4, 0.5) is 5.69 Å². The van der Waals surface area contributed by atoms with Crippen molar-refractivity contribution >= 4 is 39.3 Å². The lowest BCUT2D eigenvalue weighted by molar-refractivity contribution is 0.0954. The van der Waals surface area contributed by atoms with Gasteiger partial charge in [0.2, 0.25) is 0 Å². The van der Waals surface area contributed by atoms with Gasteiger partial charge >= 0.3 is 0 Å². The van der Waals surface area contributed by atoms with E-state index >= 15 is 0 Å². The molecule has 2 aromatic rings. The SMILES string of the molecule is CCCNC(=O)c1ccccc1NS(=O)(=O)/C=C/c1ccc(Cl)cc1. The van der Waals surface area contributed by atoms with Gasteiger partial charge in [-0.15, -0.1) is 0 Å². The molecular weight excluding hydrogens is 360 g/mol. The molecule has 0 aliphatic carbocycles. The van der Waals surface area contributed by atoms with Gasteiger partial charge in [-0.2, -0.15) is 0 Å². The van der Waals surface area contributed by atoms with Crippen LogP contribution in [0.2, 0.25) is 5.02 Å². The van der Waals surface area contributed by atoms with Crippen LogP contribution in [-0.4, -0.2) is 20.9 Å². The van der Waals surface area contributed by atoms with E-state index in [-0.39, 0.29) is 17.2 Å². The zero-order valence-electron chi connectivity index (χ0n) is 13.7. The first kappa shape index (κ1) is 19.0. The van der Waals surface area contributed by atoms with Crippen molar-refractivity contribution < 1.29 is 13.2 Å². The first-order valence-electron chi connectivity index (χ1n) is 7.75. The van der Waals surface area contributed by atoms with Crippen molar-refractivity contribution in [2.75, 3.05) is 11.3 Å². The lowest BCUT2D eigenvalue weighted by atomic mass is 10.1. The Hall–Kier alpha value is -2.31. The summed E-state index contributed by atoms with van der Waals surface area (Å²) in [6.07, 6.45) is 2.25. The summed E-state index contributed by atoms with van der Waals surface area (Å²) < 4.78 is 27.0. The quantitative estimate of drug-likeness (QED) is 0.767. The summed E-state index contributed by atoms with van der Waals surface area (Å²) in [4.78, 5) is 12.1. The standard InChI is InChI=1S/C18H19ClN2O3S/c1-2-12-20-18(22)16-5-3-4-6-17(16)21-25(23,24)13-11-14-7-9-15(19)10-8-14/h3-11,13,21H,2,12H2,1H3,(H,20,22)/b13-11+. The van der Waals surface area contributed by atoms with E-state index in [0.717, 1.165) is 11.8 Å². The molecule has 0 aliphatic rings.